The highest BCUT2D eigenvalue weighted by Gasteiger charge is 2.60. The summed E-state index contributed by atoms with van der Waals surface area (Å²) in [4.78, 5) is 11.2. The summed E-state index contributed by atoms with van der Waals surface area (Å²) in [5, 5.41) is 9.14. The molecule has 19 heavy (non-hydrogen) atoms. The van der Waals surface area contributed by atoms with Gasteiger partial charge in [0.1, 0.15) is 22.8 Å². The molecule has 0 bridgehead atoms. The summed E-state index contributed by atoms with van der Waals surface area (Å²) in [7, 11) is 4.56. The van der Waals surface area contributed by atoms with Crippen LogP contribution in [0.4, 0.5) is 0 Å². The predicted molar refractivity (Wildman–Crippen MR) is 68.0 cm³/mol. The number of carbonyl (C=O) groups is 1. The quantitative estimate of drug-likeness (QED) is 0.826. The van der Waals surface area contributed by atoms with Gasteiger partial charge in [-0.05, 0) is 6.42 Å². The number of methoxy groups -OCH3 is 3. The average Bonchev–Trinajstić information content (AvgIpc) is 3.10. The number of ether oxygens (including phenoxy) is 3. The first kappa shape index (κ1) is 13.5. The lowest BCUT2D eigenvalue weighted by atomic mass is 10.0. The van der Waals surface area contributed by atoms with Crippen LogP contribution in [-0.2, 0) is 4.79 Å². The Hall–Kier alpha value is -1.95. The Balaban J connectivity index is 2.48. The van der Waals surface area contributed by atoms with Crippen molar-refractivity contribution in [1.82, 2.24) is 0 Å². The summed E-state index contributed by atoms with van der Waals surface area (Å²) < 4.78 is 15.7. The van der Waals surface area contributed by atoms with Crippen molar-refractivity contribution in [2.45, 2.75) is 17.9 Å². The topological polar surface area (TPSA) is 91.0 Å². The average molecular weight is 267 g/mol. The van der Waals surface area contributed by atoms with Crippen molar-refractivity contribution in [3.63, 3.8) is 0 Å². The molecule has 0 spiro atoms. The fourth-order valence-corrected chi connectivity index (χ4v) is 2.25. The first-order valence-electron chi connectivity index (χ1n) is 5.80. The van der Waals surface area contributed by atoms with Gasteiger partial charge in [-0.25, -0.2) is 0 Å². The molecule has 1 aliphatic carbocycles. The highest BCUT2D eigenvalue weighted by molar-refractivity contribution is 5.85. The minimum atomic E-state index is -1.24. The van der Waals surface area contributed by atoms with E-state index in [9.17, 15) is 4.79 Å². The molecule has 6 heteroatoms. The summed E-state index contributed by atoms with van der Waals surface area (Å²) in [5.41, 5.74) is 5.28. The van der Waals surface area contributed by atoms with E-state index in [1.807, 2.05) is 0 Å². The van der Waals surface area contributed by atoms with Crippen LogP contribution in [0.1, 0.15) is 17.9 Å². The maximum Gasteiger partial charge on any atom is 0.324 e. The molecule has 1 aliphatic rings. The van der Waals surface area contributed by atoms with Gasteiger partial charge >= 0.3 is 5.97 Å². The number of carboxylic acids is 1. The first-order chi connectivity index (χ1) is 8.97. The number of benzene rings is 1. The molecular weight excluding hydrogens is 250 g/mol. The standard InChI is InChI=1S/C13H17NO5/c1-17-7-4-9(18-2)11(10(5-7)19-3)8-6-13(8,14)12(15)16/h4-5,8H,6,14H2,1-3H3,(H,15,16)/t8-,13+/m0/s1. The zero-order valence-corrected chi connectivity index (χ0v) is 11.1. The number of nitrogens with two attached hydrogens (primary N) is 1. The normalized spacial score (nSPS) is 24.7. The van der Waals surface area contributed by atoms with Crippen LogP contribution in [0.3, 0.4) is 0 Å². The van der Waals surface area contributed by atoms with E-state index in [1.54, 1.807) is 12.1 Å². The Morgan fingerprint density at radius 3 is 2.11 bits per heavy atom. The van der Waals surface area contributed by atoms with Crippen LogP contribution in [0.5, 0.6) is 17.2 Å². The fraction of sp³-hybridized carbons (Fsp3) is 0.462. The Morgan fingerprint density at radius 2 is 1.79 bits per heavy atom. The van der Waals surface area contributed by atoms with E-state index < -0.39 is 11.5 Å². The van der Waals surface area contributed by atoms with Crippen LogP contribution in [0.15, 0.2) is 12.1 Å². The molecule has 0 unspecified atom stereocenters. The summed E-state index contributed by atoms with van der Waals surface area (Å²) in [5.74, 6) is 0.291. The summed E-state index contributed by atoms with van der Waals surface area (Å²) >= 11 is 0. The molecule has 1 fully saturated rings. The van der Waals surface area contributed by atoms with Crippen LogP contribution in [0.25, 0.3) is 0 Å². The van der Waals surface area contributed by atoms with Gasteiger partial charge < -0.3 is 25.1 Å². The summed E-state index contributed by atoms with van der Waals surface area (Å²) in [6.07, 6.45) is 0.362. The van der Waals surface area contributed by atoms with Crippen molar-refractivity contribution in [2.75, 3.05) is 21.3 Å². The van der Waals surface area contributed by atoms with Crippen LogP contribution >= 0.6 is 0 Å². The van der Waals surface area contributed by atoms with Crippen LogP contribution in [-0.4, -0.2) is 37.9 Å². The third-order valence-corrected chi connectivity index (χ3v) is 3.50. The Bertz CT molecular complexity index is 491. The Kier molecular flexibility index (Phi) is 3.28. The van der Waals surface area contributed by atoms with E-state index in [-0.39, 0.29) is 5.92 Å². The van der Waals surface area contributed by atoms with Gasteiger partial charge in [0.25, 0.3) is 0 Å². The third kappa shape index (κ3) is 2.08. The van der Waals surface area contributed by atoms with Crippen molar-refractivity contribution < 1.29 is 24.1 Å². The molecular formula is C13H17NO5. The molecule has 104 valence electrons. The largest absolute Gasteiger partial charge is 0.496 e. The van der Waals surface area contributed by atoms with Gasteiger partial charge in [0.15, 0.2) is 0 Å². The molecule has 0 heterocycles. The lowest BCUT2D eigenvalue weighted by Gasteiger charge is -2.16. The van der Waals surface area contributed by atoms with Gasteiger partial charge in [-0.3, -0.25) is 4.79 Å². The lowest BCUT2D eigenvalue weighted by molar-refractivity contribution is -0.139. The van der Waals surface area contributed by atoms with Gasteiger partial charge in [-0.2, -0.15) is 0 Å². The van der Waals surface area contributed by atoms with Gasteiger partial charge in [-0.15, -0.1) is 0 Å². The summed E-state index contributed by atoms with van der Waals surface area (Å²) in [6, 6.07) is 3.39. The highest BCUT2D eigenvalue weighted by Crippen LogP contribution is 2.56. The Morgan fingerprint density at radius 1 is 1.26 bits per heavy atom. The van der Waals surface area contributed by atoms with Crippen molar-refractivity contribution in [3.8, 4) is 17.2 Å². The molecule has 1 aromatic rings. The molecule has 2 rings (SSSR count). The number of rotatable bonds is 5. The van der Waals surface area contributed by atoms with Gasteiger partial charge in [0.2, 0.25) is 0 Å². The maximum absolute atomic E-state index is 11.2. The van der Waals surface area contributed by atoms with E-state index in [4.69, 9.17) is 25.1 Å². The summed E-state index contributed by atoms with van der Waals surface area (Å²) in [6.45, 7) is 0. The van der Waals surface area contributed by atoms with E-state index in [2.05, 4.69) is 0 Å². The number of hydrogen-bond acceptors (Lipinski definition) is 5. The highest BCUT2D eigenvalue weighted by atomic mass is 16.5. The van der Waals surface area contributed by atoms with E-state index in [1.165, 1.54) is 21.3 Å². The number of carboxylic acid groups (broad SMARTS) is 1. The van der Waals surface area contributed by atoms with Crippen molar-refractivity contribution in [1.29, 1.82) is 0 Å². The predicted octanol–water partition coefficient (Wildman–Crippen LogP) is 0.982. The second-order valence-corrected chi connectivity index (χ2v) is 4.55. The zero-order valence-electron chi connectivity index (χ0n) is 11.1. The van der Waals surface area contributed by atoms with Crippen molar-refractivity contribution in [2.24, 2.45) is 5.73 Å². The van der Waals surface area contributed by atoms with Gasteiger partial charge in [0.05, 0.1) is 21.3 Å². The van der Waals surface area contributed by atoms with E-state index in [0.29, 0.717) is 29.2 Å². The molecule has 1 saturated carbocycles. The molecule has 3 N–H and O–H groups in total. The van der Waals surface area contributed by atoms with Crippen molar-refractivity contribution >= 4 is 5.97 Å². The molecule has 0 amide bonds. The van der Waals surface area contributed by atoms with Crippen molar-refractivity contribution in [3.05, 3.63) is 17.7 Å². The SMILES string of the molecule is COc1cc(OC)c([C@@H]2C[C@]2(N)C(=O)O)c(OC)c1. The number of aliphatic carboxylic acids is 1. The lowest BCUT2D eigenvalue weighted by Crippen LogP contribution is -2.34. The molecule has 0 saturated heterocycles. The zero-order chi connectivity index (χ0) is 14.2. The Labute approximate surface area is 111 Å². The second-order valence-electron chi connectivity index (χ2n) is 4.55. The monoisotopic (exact) mass is 267 g/mol. The van der Waals surface area contributed by atoms with Crippen LogP contribution in [0.2, 0.25) is 0 Å². The minimum Gasteiger partial charge on any atom is -0.496 e. The molecule has 0 radical (unpaired) electrons. The molecule has 0 aromatic heterocycles. The number of hydrogen-bond donors (Lipinski definition) is 2. The maximum atomic E-state index is 11.2. The van der Waals surface area contributed by atoms with E-state index in [0.717, 1.165) is 0 Å². The molecule has 0 aliphatic heterocycles. The molecule has 2 atom stereocenters. The third-order valence-electron chi connectivity index (χ3n) is 3.50. The van der Waals surface area contributed by atoms with E-state index >= 15 is 0 Å². The minimum absolute atomic E-state index is 0.319. The van der Waals surface area contributed by atoms with Gasteiger partial charge in [-0.1, -0.05) is 0 Å². The van der Waals surface area contributed by atoms with Crippen LogP contribution in [0, 0.1) is 0 Å². The molecule has 1 aromatic carbocycles. The first-order valence-corrected chi connectivity index (χ1v) is 5.80. The fourth-order valence-electron chi connectivity index (χ4n) is 2.25. The van der Waals surface area contributed by atoms with Gasteiger partial charge in [0, 0.05) is 23.6 Å². The van der Waals surface area contributed by atoms with Crippen LogP contribution < -0.4 is 19.9 Å². The second kappa shape index (κ2) is 4.62. The smallest absolute Gasteiger partial charge is 0.324 e. The molecule has 6 nitrogen and oxygen atoms in total.